The third kappa shape index (κ3) is 3.17. The normalized spacial score (nSPS) is 19.7. The van der Waals surface area contributed by atoms with Crippen molar-refractivity contribution in [3.05, 3.63) is 24.3 Å². The smallest absolute Gasteiger partial charge is 0.226 e. The molecule has 0 bridgehead atoms. The fourth-order valence-electron chi connectivity index (χ4n) is 2.91. The monoisotopic (exact) mass is 330 g/mol. The van der Waals surface area contributed by atoms with Gasteiger partial charge in [0.05, 0.1) is 23.4 Å². The molecule has 4 rings (SSSR count). The van der Waals surface area contributed by atoms with Crippen LogP contribution < -0.4 is 14.8 Å². The molecule has 0 spiro atoms. The van der Waals surface area contributed by atoms with Gasteiger partial charge in [0, 0.05) is 25.0 Å². The fraction of sp³-hybridized carbons (Fsp3) is 0.412. The Kier molecular flexibility index (Phi) is 3.91. The van der Waals surface area contributed by atoms with Crippen LogP contribution in [0.25, 0.3) is 10.2 Å². The van der Waals surface area contributed by atoms with Gasteiger partial charge in [0.1, 0.15) is 0 Å². The van der Waals surface area contributed by atoms with E-state index in [1.165, 1.54) is 11.3 Å². The summed E-state index contributed by atoms with van der Waals surface area (Å²) in [6.07, 6.45) is 7.81. The predicted octanol–water partition coefficient (Wildman–Crippen LogP) is 3.75. The van der Waals surface area contributed by atoms with E-state index in [2.05, 4.69) is 22.5 Å². The molecule has 0 saturated carbocycles. The van der Waals surface area contributed by atoms with E-state index in [-0.39, 0.29) is 5.91 Å². The summed E-state index contributed by atoms with van der Waals surface area (Å²) in [6.45, 7) is 1.32. The van der Waals surface area contributed by atoms with E-state index >= 15 is 0 Å². The fourth-order valence-corrected chi connectivity index (χ4v) is 3.80. The summed E-state index contributed by atoms with van der Waals surface area (Å²) in [6, 6.07) is 3.84. The molecule has 0 unspecified atom stereocenters. The van der Waals surface area contributed by atoms with Crippen molar-refractivity contribution in [3.63, 3.8) is 0 Å². The number of hydrogen-bond acceptors (Lipinski definition) is 5. The first-order valence-electron chi connectivity index (χ1n) is 7.94. The van der Waals surface area contributed by atoms with Gasteiger partial charge in [-0.3, -0.25) is 4.79 Å². The van der Waals surface area contributed by atoms with Crippen molar-refractivity contribution in [1.82, 2.24) is 4.98 Å². The number of rotatable bonds is 3. The lowest BCUT2D eigenvalue weighted by Crippen LogP contribution is -2.14. The largest absolute Gasteiger partial charge is 0.490 e. The number of amides is 1. The van der Waals surface area contributed by atoms with Crippen molar-refractivity contribution >= 4 is 32.6 Å². The maximum Gasteiger partial charge on any atom is 0.226 e. The van der Waals surface area contributed by atoms with Crippen molar-refractivity contribution in [2.24, 2.45) is 5.92 Å². The van der Waals surface area contributed by atoms with Gasteiger partial charge < -0.3 is 14.8 Å². The molecular formula is C17H18N2O3S. The van der Waals surface area contributed by atoms with Crippen LogP contribution in [0.3, 0.4) is 0 Å². The SMILES string of the molecule is O=C(C[C@H]1C=CCC1)Nc1nc2cc3c(cc2s1)OCCCO3. The number of anilines is 1. The van der Waals surface area contributed by atoms with Gasteiger partial charge in [-0.05, 0) is 18.8 Å². The van der Waals surface area contributed by atoms with Gasteiger partial charge >= 0.3 is 0 Å². The highest BCUT2D eigenvalue weighted by Crippen LogP contribution is 2.37. The lowest BCUT2D eigenvalue weighted by atomic mass is 10.1. The Morgan fingerprint density at radius 1 is 1.30 bits per heavy atom. The number of thiazole rings is 1. The molecule has 6 heteroatoms. The van der Waals surface area contributed by atoms with Gasteiger partial charge in [0.2, 0.25) is 5.91 Å². The van der Waals surface area contributed by atoms with Crippen LogP contribution in [0.2, 0.25) is 0 Å². The van der Waals surface area contributed by atoms with E-state index in [9.17, 15) is 4.79 Å². The molecule has 0 saturated heterocycles. The predicted molar refractivity (Wildman–Crippen MR) is 90.3 cm³/mol. The van der Waals surface area contributed by atoms with E-state index in [0.717, 1.165) is 41.0 Å². The standard InChI is InChI=1S/C17H18N2O3S/c20-16(8-11-4-1-2-5-11)19-17-18-12-9-13-14(10-15(12)23-17)22-7-3-6-21-13/h1,4,9-11H,2-3,5-8H2,(H,18,19,20)/t11-/m0/s1. The zero-order chi connectivity index (χ0) is 15.6. The lowest BCUT2D eigenvalue weighted by molar-refractivity contribution is -0.116. The van der Waals surface area contributed by atoms with E-state index in [0.29, 0.717) is 30.7 Å². The van der Waals surface area contributed by atoms with E-state index < -0.39 is 0 Å². The van der Waals surface area contributed by atoms with E-state index in [1.54, 1.807) is 0 Å². The molecule has 0 fully saturated rings. The van der Waals surface area contributed by atoms with Gasteiger partial charge in [-0.1, -0.05) is 23.5 Å². The number of ether oxygens (including phenoxy) is 2. The van der Waals surface area contributed by atoms with Gasteiger partial charge in [-0.2, -0.15) is 0 Å². The molecule has 1 aliphatic heterocycles. The van der Waals surface area contributed by atoms with Crippen molar-refractivity contribution in [3.8, 4) is 11.5 Å². The molecule has 2 aromatic rings. The topological polar surface area (TPSA) is 60.5 Å². The first-order chi connectivity index (χ1) is 11.3. The molecule has 1 atom stereocenters. The second-order valence-corrected chi connectivity index (χ2v) is 6.88. The molecule has 1 aromatic carbocycles. The maximum absolute atomic E-state index is 12.1. The second-order valence-electron chi connectivity index (χ2n) is 5.85. The van der Waals surface area contributed by atoms with Gasteiger partial charge in [0.15, 0.2) is 16.6 Å². The van der Waals surface area contributed by atoms with Crippen molar-refractivity contribution in [2.75, 3.05) is 18.5 Å². The maximum atomic E-state index is 12.1. The molecule has 2 aliphatic rings. The quantitative estimate of drug-likeness (QED) is 0.871. The molecule has 2 heterocycles. The van der Waals surface area contributed by atoms with Crippen LogP contribution in [0, 0.1) is 5.92 Å². The summed E-state index contributed by atoms with van der Waals surface area (Å²) >= 11 is 1.47. The Morgan fingerprint density at radius 3 is 2.91 bits per heavy atom. The number of carbonyl (C=O) groups is 1. The molecule has 5 nitrogen and oxygen atoms in total. The average Bonchev–Trinajstić information content (AvgIpc) is 3.09. The highest BCUT2D eigenvalue weighted by atomic mass is 32.1. The number of nitrogens with zero attached hydrogens (tertiary/aromatic N) is 1. The zero-order valence-corrected chi connectivity index (χ0v) is 13.5. The first-order valence-corrected chi connectivity index (χ1v) is 8.76. The van der Waals surface area contributed by atoms with Crippen LogP contribution in [0.5, 0.6) is 11.5 Å². The number of allylic oxidation sites excluding steroid dienone is 2. The Labute approximate surface area is 138 Å². The Bertz CT molecular complexity index is 726. The molecule has 120 valence electrons. The number of fused-ring (bicyclic) bond motifs is 2. The average molecular weight is 330 g/mol. The number of aromatic nitrogens is 1. The molecule has 1 N–H and O–H groups in total. The Hall–Kier alpha value is -2.08. The zero-order valence-electron chi connectivity index (χ0n) is 12.7. The second kappa shape index (κ2) is 6.20. The summed E-state index contributed by atoms with van der Waals surface area (Å²) < 4.78 is 12.4. The minimum absolute atomic E-state index is 0.0228. The summed E-state index contributed by atoms with van der Waals surface area (Å²) in [7, 11) is 0. The van der Waals surface area contributed by atoms with Crippen molar-refractivity contribution in [1.29, 1.82) is 0 Å². The van der Waals surface area contributed by atoms with Gasteiger partial charge in [-0.15, -0.1) is 0 Å². The van der Waals surface area contributed by atoms with Crippen molar-refractivity contribution in [2.45, 2.75) is 25.7 Å². The molecule has 23 heavy (non-hydrogen) atoms. The Balaban J connectivity index is 1.52. The Morgan fingerprint density at radius 2 is 2.13 bits per heavy atom. The van der Waals surface area contributed by atoms with Gasteiger partial charge in [-0.25, -0.2) is 4.98 Å². The van der Waals surface area contributed by atoms with Crippen LogP contribution in [0.15, 0.2) is 24.3 Å². The summed E-state index contributed by atoms with van der Waals surface area (Å²) in [4.78, 5) is 16.6. The van der Waals surface area contributed by atoms with Gasteiger partial charge in [0.25, 0.3) is 0 Å². The highest BCUT2D eigenvalue weighted by molar-refractivity contribution is 7.22. The van der Waals surface area contributed by atoms with E-state index in [4.69, 9.17) is 9.47 Å². The van der Waals surface area contributed by atoms with Crippen molar-refractivity contribution < 1.29 is 14.3 Å². The summed E-state index contributed by atoms with van der Waals surface area (Å²) in [5.74, 6) is 1.87. The van der Waals surface area contributed by atoms with Crippen LogP contribution in [0.1, 0.15) is 25.7 Å². The molecule has 1 aliphatic carbocycles. The van der Waals surface area contributed by atoms with Crippen LogP contribution in [0.4, 0.5) is 5.13 Å². The lowest BCUT2D eigenvalue weighted by Gasteiger charge is -2.06. The first kappa shape index (κ1) is 14.5. The van der Waals surface area contributed by atoms with Crippen LogP contribution in [-0.2, 0) is 4.79 Å². The number of nitrogens with one attached hydrogen (secondary N) is 1. The van der Waals surface area contributed by atoms with E-state index in [1.807, 2.05) is 12.1 Å². The summed E-state index contributed by atoms with van der Waals surface area (Å²) in [5.41, 5.74) is 0.829. The number of carbonyl (C=O) groups excluding carboxylic acids is 1. The highest BCUT2D eigenvalue weighted by Gasteiger charge is 2.17. The minimum Gasteiger partial charge on any atom is -0.490 e. The molecular weight excluding hydrogens is 312 g/mol. The summed E-state index contributed by atoms with van der Waals surface area (Å²) in [5, 5.41) is 3.55. The molecule has 1 amide bonds. The minimum atomic E-state index is 0.0228. The van der Waals surface area contributed by atoms with Crippen LogP contribution in [-0.4, -0.2) is 24.1 Å². The van der Waals surface area contributed by atoms with Crippen LogP contribution >= 0.6 is 11.3 Å². The number of hydrogen-bond donors (Lipinski definition) is 1. The molecule has 0 radical (unpaired) electrons. The number of benzene rings is 1. The third-order valence-electron chi connectivity index (χ3n) is 4.06. The molecule has 1 aromatic heterocycles. The third-order valence-corrected chi connectivity index (χ3v) is 5.00.